The van der Waals surface area contributed by atoms with Crippen molar-refractivity contribution in [3.8, 4) is 0 Å². The van der Waals surface area contributed by atoms with Crippen molar-refractivity contribution in [1.29, 1.82) is 0 Å². The molecule has 3 fully saturated rings. The van der Waals surface area contributed by atoms with Crippen molar-refractivity contribution in [1.82, 2.24) is 0 Å². The van der Waals surface area contributed by atoms with E-state index in [1.165, 1.54) is 0 Å². The molecule has 0 radical (unpaired) electrons. The maximum absolute atomic E-state index is 12.3. The Morgan fingerprint density at radius 1 is 1.12 bits per heavy atom. The third-order valence-corrected chi connectivity index (χ3v) is 9.21. The van der Waals surface area contributed by atoms with Crippen molar-refractivity contribution in [3.63, 3.8) is 0 Å². The standard InChI is InChI=1S/C26H34O7/c1-6-19(27)30-13-25(5)16-8-11-26-17(24(16,4)10-9-18(25)32-20(28)7-2)12-15-21(22(26)33-26)14(3)23(29)31-15/h12,16-18,22H,6-11,13H2,1-5H3/t16-,17-,18+,22+,24+,25-,26-/m0/s1. The Morgan fingerprint density at radius 3 is 2.55 bits per heavy atom. The molecule has 3 aliphatic carbocycles. The van der Waals surface area contributed by atoms with Gasteiger partial charge >= 0.3 is 17.9 Å². The maximum Gasteiger partial charge on any atom is 0.339 e. The van der Waals surface area contributed by atoms with Gasteiger partial charge in [0.15, 0.2) is 0 Å². The number of hydrogen-bond acceptors (Lipinski definition) is 7. The maximum atomic E-state index is 12.3. The minimum atomic E-state index is -0.508. The summed E-state index contributed by atoms with van der Waals surface area (Å²) in [6, 6.07) is 0. The van der Waals surface area contributed by atoms with E-state index in [9.17, 15) is 14.4 Å². The Balaban J connectivity index is 1.52. The molecule has 2 aliphatic heterocycles. The van der Waals surface area contributed by atoms with Crippen LogP contribution in [0.4, 0.5) is 0 Å². The molecule has 7 atom stereocenters. The van der Waals surface area contributed by atoms with Gasteiger partial charge in [-0.1, -0.05) is 27.7 Å². The van der Waals surface area contributed by atoms with Gasteiger partial charge in [-0.25, -0.2) is 4.79 Å². The highest BCUT2D eigenvalue weighted by Gasteiger charge is 2.74. The topological polar surface area (TPSA) is 91.4 Å². The third-order valence-electron chi connectivity index (χ3n) is 9.21. The molecule has 180 valence electrons. The zero-order valence-electron chi connectivity index (χ0n) is 20.2. The number of epoxide rings is 1. The molecule has 0 amide bonds. The lowest BCUT2D eigenvalue weighted by molar-refractivity contribution is -0.199. The summed E-state index contributed by atoms with van der Waals surface area (Å²) in [7, 11) is 0. The molecule has 0 aromatic carbocycles. The van der Waals surface area contributed by atoms with Crippen LogP contribution in [0.25, 0.3) is 0 Å². The van der Waals surface area contributed by atoms with Gasteiger partial charge in [0.05, 0.1) is 0 Å². The average Bonchev–Trinajstić information content (AvgIpc) is 3.44. The van der Waals surface area contributed by atoms with Crippen LogP contribution in [0.3, 0.4) is 0 Å². The summed E-state index contributed by atoms with van der Waals surface area (Å²) in [4.78, 5) is 36.6. The summed E-state index contributed by atoms with van der Waals surface area (Å²) in [6.45, 7) is 10.0. The molecule has 0 aromatic rings. The van der Waals surface area contributed by atoms with Gasteiger partial charge in [0, 0.05) is 35.3 Å². The Bertz CT molecular complexity index is 979. The lowest BCUT2D eigenvalue weighted by Gasteiger charge is -2.61. The Morgan fingerprint density at radius 2 is 1.85 bits per heavy atom. The Kier molecular flexibility index (Phi) is 5.09. The number of rotatable bonds is 5. The van der Waals surface area contributed by atoms with Gasteiger partial charge in [0.25, 0.3) is 0 Å². The summed E-state index contributed by atoms with van der Waals surface area (Å²) in [5.74, 6) is 0.131. The van der Waals surface area contributed by atoms with E-state index in [1.807, 2.05) is 6.92 Å². The largest absolute Gasteiger partial charge is 0.465 e. The zero-order valence-corrected chi connectivity index (χ0v) is 20.2. The van der Waals surface area contributed by atoms with Crippen molar-refractivity contribution in [2.45, 2.75) is 91.0 Å². The fourth-order valence-electron chi connectivity index (χ4n) is 7.38. The molecule has 0 bridgehead atoms. The predicted octanol–water partition coefficient (Wildman–Crippen LogP) is 4.00. The molecule has 2 heterocycles. The molecular formula is C26H34O7. The fraction of sp³-hybridized carbons (Fsp3) is 0.731. The van der Waals surface area contributed by atoms with Crippen molar-refractivity contribution in [3.05, 3.63) is 23.0 Å². The van der Waals surface area contributed by atoms with E-state index >= 15 is 0 Å². The number of carbonyl (C=O) groups excluding carboxylic acids is 3. The molecule has 1 saturated heterocycles. The fourth-order valence-corrected chi connectivity index (χ4v) is 7.38. The van der Waals surface area contributed by atoms with Crippen LogP contribution < -0.4 is 0 Å². The molecule has 5 rings (SSSR count). The number of carbonyl (C=O) groups is 3. The van der Waals surface area contributed by atoms with Crippen LogP contribution in [-0.2, 0) is 33.3 Å². The summed E-state index contributed by atoms with van der Waals surface area (Å²) >= 11 is 0. The minimum absolute atomic E-state index is 0.0789. The van der Waals surface area contributed by atoms with E-state index in [2.05, 4.69) is 19.9 Å². The summed E-state index contributed by atoms with van der Waals surface area (Å²) < 4.78 is 23.6. The van der Waals surface area contributed by atoms with E-state index in [0.29, 0.717) is 30.6 Å². The molecule has 5 aliphatic rings. The number of esters is 3. The normalized spacial score (nSPS) is 42.8. The SMILES string of the molecule is CCC(=O)OC[C@@]1(C)[C@H]2CC[C@@]34O[C@@H]3C3=C(C)C(=O)OC3=C[C@H]4[C@]2(C)CC[C@H]1OC(=O)CC. The first kappa shape index (κ1) is 22.6. The Hall–Kier alpha value is -2.15. The first-order valence-corrected chi connectivity index (χ1v) is 12.3. The van der Waals surface area contributed by atoms with Crippen molar-refractivity contribution in [2.24, 2.45) is 22.7 Å². The van der Waals surface area contributed by atoms with Crippen LogP contribution in [0, 0.1) is 22.7 Å². The van der Waals surface area contributed by atoms with Crippen LogP contribution in [0.15, 0.2) is 23.0 Å². The number of hydrogen-bond donors (Lipinski definition) is 0. The smallest absolute Gasteiger partial charge is 0.339 e. The lowest BCUT2D eigenvalue weighted by atomic mass is 9.44. The first-order valence-electron chi connectivity index (χ1n) is 12.3. The van der Waals surface area contributed by atoms with E-state index < -0.39 is 5.41 Å². The van der Waals surface area contributed by atoms with Gasteiger partial charge in [-0.15, -0.1) is 0 Å². The van der Waals surface area contributed by atoms with Crippen LogP contribution in [-0.4, -0.2) is 42.3 Å². The molecule has 1 spiro atoms. The van der Waals surface area contributed by atoms with Gasteiger partial charge in [0.2, 0.25) is 0 Å². The van der Waals surface area contributed by atoms with Crippen LogP contribution >= 0.6 is 0 Å². The monoisotopic (exact) mass is 458 g/mol. The highest BCUT2D eigenvalue weighted by Crippen LogP contribution is 2.71. The predicted molar refractivity (Wildman–Crippen MR) is 118 cm³/mol. The summed E-state index contributed by atoms with van der Waals surface area (Å²) in [5, 5.41) is 0. The number of ether oxygens (including phenoxy) is 4. The summed E-state index contributed by atoms with van der Waals surface area (Å²) in [6.07, 6.45) is 5.63. The van der Waals surface area contributed by atoms with Crippen LogP contribution in [0.2, 0.25) is 0 Å². The molecule has 0 N–H and O–H groups in total. The zero-order chi connectivity index (χ0) is 23.8. The van der Waals surface area contributed by atoms with E-state index in [1.54, 1.807) is 13.8 Å². The summed E-state index contributed by atoms with van der Waals surface area (Å²) in [5.41, 5.74) is 0.597. The molecule has 33 heavy (non-hydrogen) atoms. The molecule has 2 saturated carbocycles. The highest BCUT2D eigenvalue weighted by molar-refractivity contribution is 5.94. The average molecular weight is 459 g/mol. The third kappa shape index (κ3) is 3.07. The minimum Gasteiger partial charge on any atom is -0.465 e. The molecule has 7 nitrogen and oxygen atoms in total. The quantitative estimate of drug-likeness (QED) is 0.349. The molecule has 7 heteroatoms. The van der Waals surface area contributed by atoms with Gasteiger partial charge in [-0.05, 0) is 50.0 Å². The molecule has 0 unspecified atom stereocenters. The van der Waals surface area contributed by atoms with Gasteiger partial charge in [0.1, 0.15) is 30.2 Å². The van der Waals surface area contributed by atoms with Crippen LogP contribution in [0.1, 0.15) is 73.1 Å². The second kappa shape index (κ2) is 7.42. The van der Waals surface area contributed by atoms with E-state index in [-0.39, 0.29) is 59.6 Å². The van der Waals surface area contributed by atoms with E-state index in [4.69, 9.17) is 18.9 Å². The lowest BCUT2D eigenvalue weighted by Crippen LogP contribution is -2.61. The second-order valence-corrected chi connectivity index (χ2v) is 10.9. The van der Waals surface area contributed by atoms with Gasteiger partial charge < -0.3 is 18.9 Å². The van der Waals surface area contributed by atoms with Crippen LogP contribution in [0.5, 0.6) is 0 Å². The van der Waals surface area contributed by atoms with Gasteiger partial charge in [-0.3, -0.25) is 9.59 Å². The van der Waals surface area contributed by atoms with Crippen molar-refractivity contribution < 1.29 is 33.3 Å². The second-order valence-electron chi connectivity index (χ2n) is 10.9. The van der Waals surface area contributed by atoms with Gasteiger partial charge in [-0.2, -0.15) is 0 Å². The highest BCUT2D eigenvalue weighted by atomic mass is 16.6. The van der Waals surface area contributed by atoms with E-state index in [0.717, 1.165) is 24.8 Å². The Labute approximate surface area is 194 Å². The first-order chi connectivity index (χ1) is 15.6. The van der Waals surface area contributed by atoms with Crippen molar-refractivity contribution >= 4 is 17.9 Å². The number of fused-ring (bicyclic) bond motifs is 4. The molecule has 0 aromatic heterocycles. The van der Waals surface area contributed by atoms with Crippen molar-refractivity contribution in [2.75, 3.05) is 6.61 Å². The molecular weight excluding hydrogens is 424 g/mol.